The molecule has 1 aliphatic carbocycles. The summed E-state index contributed by atoms with van der Waals surface area (Å²) in [5, 5.41) is 17.6. The quantitative estimate of drug-likeness (QED) is 0.609. The van der Waals surface area contributed by atoms with Gasteiger partial charge >= 0.3 is 0 Å². The van der Waals surface area contributed by atoms with E-state index in [2.05, 4.69) is 13.8 Å². The van der Waals surface area contributed by atoms with Gasteiger partial charge in [-0.1, -0.05) is 58.4 Å². The zero-order valence-electron chi connectivity index (χ0n) is 9.07. The Morgan fingerprint density at radius 1 is 0.923 bits per heavy atom. The molecule has 0 spiro atoms. The highest BCUT2D eigenvalue weighted by atomic mass is 16.3. The van der Waals surface area contributed by atoms with Crippen molar-refractivity contribution in [1.82, 2.24) is 0 Å². The average Bonchev–Trinajstić information content (AvgIpc) is 2.15. The Bertz CT molecular complexity index is 123. The molecule has 0 aromatic heterocycles. The minimum Gasteiger partial charge on any atom is -0.386 e. The lowest BCUT2D eigenvalue weighted by atomic mass is 10.1. The van der Waals surface area contributed by atoms with Crippen LogP contribution in [0.2, 0.25) is 0 Å². The summed E-state index contributed by atoms with van der Waals surface area (Å²) in [4.78, 5) is 0. The lowest BCUT2D eigenvalue weighted by Crippen LogP contribution is -2.22. The van der Waals surface area contributed by atoms with E-state index in [1.165, 1.54) is 6.42 Å². The van der Waals surface area contributed by atoms with Crippen LogP contribution in [0.25, 0.3) is 0 Å². The first-order valence-corrected chi connectivity index (χ1v) is 4.93. The normalized spacial score (nSPS) is 23.8. The van der Waals surface area contributed by atoms with E-state index in [0.717, 1.165) is 0 Å². The molecule has 0 radical (unpaired) electrons. The molecule has 0 saturated carbocycles. The first-order chi connectivity index (χ1) is 6.22. The van der Waals surface area contributed by atoms with E-state index >= 15 is 0 Å². The topological polar surface area (TPSA) is 40.5 Å². The Balaban J connectivity index is 0. The van der Waals surface area contributed by atoms with Crippen molar-refractivity contribution in [3.05, 3.63) is 24.3 Å². The fourth-order valence-electron chi connectivity index (χ4n) is 0.584. The molecule has 0 amide bonds. The lowest BCUT2D eigenvalue weighted by molar-refractivity contribution is 0.0794. The Labute approximate surface area is 81.6 Å². The molecule has 0 aliphatic heterocycles. The van der Waals surface area contributed by atoms with E-state index < -0.39 is 12.2 Å². The Morgan fingerprint density at radius 3 is 1.31 bits per heavy atom. The van der Waals surface area contributed by atoms with Gasteiger partial charge in [0.05, 0.1) is 0 Å². The zero-order valence-corrected chi connectivity index (χ0v) is 9.07. The Kier molecular flexibility index (Phi) is 13.1. The van der Waals surface area contributed by atoms with Crippen molar-refractivity contribution < 1.29 is 10.2 Å². The SMILES string of the molecule is CC.CCC.O[C@@H]1C=CC=C[C@@H]1O. The van der Waals surface area contributed by atoms with E-state index in [1.54, 1.807) is 24.3 Å². The van der Waals surface area contributed by atoms with Crippen LogP contribution >= 0.6 is 0 Å². The van der Waals surface area contributed by atoms with Crippen LogP contribution in [0, 0.1) is 0 Å². The molecule has 2 atom stereocenters. The molecule has 0 fully saturated rings. The molecule has 2 N–H and O–H groups in total. The van der Waals surface area contributed by atoms with Crippen molar-refractivity contribution in [3.8, 4) is 0 Å². The van der Waals surface area contributed by atoms with Gasteiger partial charge in [0.25, 0.3) is 0 Å². The molecule has 0 aromatic carbocycles. The highest BCUT2D eigenvalue weighted by molar-refractivity contribution is 5.15. The maximum atomic E-state index is 8.79. The third-order valence-corrected chi connectivity index (χ3v) is 1.08. The molecule has 0 unspecified atom stereocenters. The van der Waals surface area contributed by atoms with Gasteiger partial charge in [-0.2, -0.15) is 0 Å². The van der Waals surface area contributed by atoms with E-state index in [9.17, 15) is 0 Å². The maximum absolute atomic E-state index is 8.79. The number of hydrogen-bond donors (Lipinski definition) is 2. The van der Waals surface area contributed by atoms with Crippen LogP contribution in [0.15, 0.2) is 24.3 Å². The van der Waals surface area contributed by atoms with Crippen LogP contribution in [-0.2, 0) is 0 Å². The van der Waals surface area contributed by atoms with Crippen LogP contribution < -0.4 is 0 Å². The largest absolute Gasteiger partial charge is 0.386 e. The number of aliphatic hydroxyl groups is 2. The maximum Gasteiger partial charge on any atom is 0.102 e. The highest BCUT2D eigenvalue weighted by Crippen LogP contribution is 2.02. The second-order valence-electron chi connectivity index (χ2n) is 2.46. The predicted molar refractivity (Wildman–Crippen MR) is 57.6 cm³/mol. The Hall–Kier alpha value is -0.600. The number of rotatable bonds is 0. The van der Waals surface area contributed by atoms with Gasteiger partial charge in [0.2, 0.25) is 0 Å². The monoisotopic (exact) mass is 186 g/mol. The van der Waals surface area contributed by atoms with Gasteiger partial charge in [-0.3, -0.25) is 0 Å². The van der Waals surface area contributed by atoms with Gasteiger partial charge in [0.15, 0.2) is 0 Å². The third-order valence-electron chi connectivity index (χ3n) is 1.08. The predicted octanol–water partition coefficient (Wildman–Crippen LogP) is 2.28. The van der Waals surface area contributed by atoms with Crippen molar-refractivity contribution in [1.29, 1.82) is 0 Å². The molecule has 2 nitrogen and oxygen atoms in total. The number of hydrogen-bond acceptors (Lipinski definition) is 2. The average molecular weight is 186 g/mol. The van der Waals surface area contributed by atoms with E-state index in [-0.39, 0.29) is 0 Å². The van der Waals surface area contributed by atoms with E-state index in [0.29, 0.717) is 0 Å². The summed E-state index contributed by atoms with van der Waals surface area (Å²) in [6.07, 6.45) is 6.34. The summed E-state index contributed by atoms with van der Waals surface area (Å²) in [7, 11) is 0. The molecule has 0 bridgehead atoms. The molecule has 0 saturated heterocycles. The molecule has 0 heterocycles. The number of allylic oxidation sites excluding steroid dienone is 2. The minimum atomic E-state index is -0.708. The zero-order chi connectivity index (χ0) is 10.7. The van der Waals surface area contributed by atoms with Gasteiger partial charge in [-0.15, -0.1) is 0 Å². The van der Waals surface area contributed by atoms with Crippen LogP contribution in [0.4, 0.5) is 0 Å². The minimum absolute atomic E-state index is 0.708. The van der Waals surface area contributed by atoms with Crippen molar-refractivity contribution in [2.24, 2.45) is 0 Å². The van der Waals surface area contributed by atoms with Crippen molar-refractivity contribution in [3.63, 3.8) is 0 Å². The summed E-state index contributed by atoms with van der Waals surface area (Å²) < 4.78 is 0. The molecule has 1 rings (SSSR count). The molecular formula is C11H22O2. The summed E-state index contributed by atoms with van der Waals surface area (Å²) in [6.45, 7) is 8.25. The highest BCUT2D eigenvalue weighted by Gasteiger charge is 2.09. The van der Waals surface area contributed by atoms with Crippen LogP contribution in [0.1, 0.15) is 34.1 Å². The second-order valence-corrected chi connectivity index (χ2v) is 2.46. The fourth-order valence-corrected chi connectivity index (χ4v) is 0.584. The van der Waals surface area contributed by atoms with E-state index in [1.807, 2.05) is 13.8 Å². The first-order valence-electron chi connectivity index (χ1n) is 4.93. The molecule has 1 aliphatic rings. The van der Waals surface area contributed by atoms with Crippen molar-refractivity contribution in [2.45, 2.75) is 46.3 Å². The molecule has 0 aromatic rings. The van der Waals surface area contributed by atoms with Crippen LogP contribution in [0.3, 0.4) is 0 Å². The molecular weight excluding hydrogens is 164 g/mol. The molecule has 2 heteroatoms. The van der Waals surface area contributed by atoms with Gasteiger partial charge in [0.1, 0.15) is 12.2 Å². The Morgan fingerprint density at radius 2 is 1.15 bits per heavy atom. The van der Waals surface area contributed by atoms with E-state index in [4.69, 9.17) is 10.2 Å². The summed E-state index contributed by atoms with van der Waals surface area (Å²) in [6, 6.07) is 0. The smallest absolute Gasteiger partial charge is 0.102 e. The second kappa shape index (κ2) is 11.4. The molecule has 78 valence electrons. The standard InChI is InChI=1S/C6H8O2.C3H8.C2H6/c7-5-3-1-2-4-6(5)8;1-3-2;1-2/h1-8H;3H2,1-2H3;1-2H3/t5-,6+;;. The molecule has 13 heavy (non-hydrogen) atoms. The first kappa shape index (κ1) is 14.9. The third kappa shape index (κ3) is 9.31. The summed E-state index contributed by atoms with van der Waals surface area (Å²) in [5.41, 5.74) is 0. The van der Waals surface area contributed by atoms with Gasteiger partial charge in [0, 0.05) is 0 Å². The van der Waals surface area contributed by atoms with Gasteiger partial charge < -0.3 is 10.2 Å². The van der Waals surface area contributed by atoms with Crippen molar-refractivity contribution in [2.75, 3.05) is 0 Å². The number of aliphatic hydroxyl groups excluding tert-OH is 2. The van der Waals surface area contributed by atoms with Gasteiger partial charge in [-0.05, 0) is 0 Å². The fraction of sp³-hybridized carbons (Fsp3) is 0.636. The summed E-state index contributed by atoms with van der Waals surface area (Å²) >= 11 is 0. The van der Waals surface area contributed by atoms with Crippen LogP contribution in [-0.4, -0.2) is 22.4 Å². The van der Waals surface area contributed by atoms with Gasteiger partial charge in [-0.25, -0.2) is 0 Å². The summed E-state index contributed by atoms with van der Waals surface area (Å²) in [5.74, 6) is 0. The lowest BCUT2D eigenvalue weighted by Gasteiger charge is -2.11. The van der Waals surface area contributed by atoms with Crippen LogP contribution in [0.5, 0.6) is 0 Å². The van der Waals surface area contributed by atoms with Crippen molar-refractivity contribution >= 4 is 0 Å².